The predicted molar refractivity (Wildman–Crippen MR) is 114 cm³/mol. The van der Waals surface area contributed by atoms with Gasteiger partial charge in [0.05, 0.1) is 22.8 Å². The van der Waals surface area contributed by atoms with E-state index >= 15 is 0 Å². The van der Waals surface area contributed by atoms with Gasteiger partial charge in [0.1, 0.15) is 0 Å². The predicted octanol–water partition coefficient (Wildman–Crippen LogP) is 5.82. The van der Waals surface area contributed by atoms with Gasteiger partial charge >= 0.3 is 0 Å². The first-order valence-corrected chi connectivity index (χ1v) is 9.26. The van der Waals surface area contributed by atoms with Crippen LogP contribution in [0.4, 0.5) is 0 Å². The molecule has 0 fully saturated rings. The van der Waals surface area contributed by atoms with Crippen molar-refractivity contribution >= 4 is 34.2 Å². The molecule has 3 aromatic heterocycles. The number of aromatic nitrogens is 4. The Kier molecular flexibility index (Phi) is 4.29. The van der Waals surface area contributed by atoms with Gasteiger partial charge in [-0.25, -0.2) is 9.97 Å². The van der Waals surface area contributed by atoms with E-state index in [-0.39, 0.29) is 21.1 Å². The van der Waals surface area contributed by atoms with Crippen LogP contribution in [0.1, 0.15) is 11.4 Å². The molecule has 29 heavy (non-hydrogen) atoms. The summed E-state index contributed by atoms with van der Waals surface area (Å²) in [7, 11) is 0. The third kappa shape index (κ3) is 3.26. The normalized spacial score (nSPS) is 11.7. The van der Waals surface area contributed by atoms with Gasteiger partial charge in [-0.3, -0.25) is 0 Å². The molecular weight excluding hydrogens is 539 g/mol. The number of H-pyrrole nitrogens is 2. The Morgan fingerprint density at radius 1 is 0.517 bits per heavy atom. The maximum Gasteiger partial charge on any atom is 0.0737 e. The van der Waals surface area contributed by atoms with Gasteiger partial charge in [-0.05, 0) is 60.7 Å². The molecule has 0 unspecified atom stereocenters. The SMILES string of the molecule is C1=Cc2cc3ccc(cc4nc(cc5ccc(cc1n2)[nH]5)-c1ccccc1-4)[nH]3.[Pt]. The first kappa shape index (κ1) is 17.8. The zero-order chi connectivity index (χ0) is 18.5. The van der Waals surface area contributed by atoms with E-state index in [9.17, 15) is 0 Å². The molecule has 8 bridgehead atoms. The molecule has 2 N–H and O–H groups in total. The van der Waals surface area contributed by atoms with Crippen molar-refractivity contribution < 1.29 is 21.1 Å². The van der Waals surface area contributed by atoms with E-state index in [0.29, 0.717) is 0 Å². The molecule has 4 aromatic rings. The smallest absolute Gasteiger partial charge is 0.0737 e. The summed E-state index contributed by atoms with van der Waals surface area (Å²) in [5.41, 5.74) is 10.2. The van der Waals surface area contributed by atoms with Gasteiger partial charge in [-0.2, -0.15) is 0 Å². The van der Waals surface area contributed by atoms with E-state index in [0.717, 1.165) is 56.0 Å². The summed E-state index contributed by atoms with van der Waals surface area (Å²) < 4.78 is 0. The Morgan fingerprint density at radius 2 is 0.966 bits per heavy atom. The fourth-order valence-electron chi connectivity index (χ4n) is 3.76. The maximum absolute atomic E-state index is 4.91. The van der Waals surface area contributed by atoms with Gasteiger partial charge in [-0.1, -0.05) is 24.3 Å². The summed E-state index contributed by atoms with van der Waals surface area (Å²) in [5.74, 6) is 0. The first-order chi connectivity index (χ1) is 13.8. The minimum Gasteiger partial charge on any atom is -0.355 e. The third-order valence-corrected chi connectivity index (χ3v) is 5.06. The standard InChI is InChI=1S/C24H16N4.Pt/c1-2-4-22-21(3-1)23-13-19-9-7-17(26-19)11-15-5-6-16(25-15)12-18-8-10-20(27-18)14-24(22)28-23;/h1-14,26-27H;. The summed E-state index contributed by atoms with van der Waals surface area (Å²) in [4.78, 5) is 16.5. The van der Waals surface area contributed by atoms with Crippen LogP contribution in [0.5, 0.6) is 0 Å². The molecular formula is C24H16N4Pt. The summed E-state index contributed by atoms with van der Waals surface area (Å²) in [5, 5.41) is 0. The molecule has 2 aliphatic rings. The molecule has 0 aliphatic carbocycles. The van der Waals surface area contributed by atoms with Crippen LogP contribution in [-0.4, -0.2) is 19.9 Å². The fraction of sp³-hybridized carbons (Fsp3) is 0. The van der Waals surface area contributed by atoms with E-state index in [2.05, 4.69) is 87.7 Å². The Labute approximate surface area is 181 Å². The van der Waals surface area contributed by atoms with Crippen LogP contribution in [0.3, 0.4) is 0 Å². The van der Waals surface area contributed by atoms with Crippen LogP contribution in [0, 0.1) is 0 Å². The summed E-state index contributed by atoms with van der Waals surface area (Å²) in [6.07, 6.45) is 4.06. The molecule has 142 valence electrons. The third-order valence-electron chi connectivity index (χ3n) is 5.06. The minimum absolute atomic E-state index is 0. The van der Waals surface area contributed by atoms with E-state index in [1.165, 1.54) is 0 Å². The topological polar surface area (TPSA) is 57.4 Å². The summed E-state index contributed by atoms with van der Waals surface area (Å²) >= 11 is 0. The second-order valence-corrected chi connectivity index (χ2v) is 7.04. The average Bonchev–Trinajstić information content (AvgIpc) is 3.47. The number of aromatic amines is 2. The van der Waals surface area contributed by atoms with Crippen LogP contribution in [0.2, 0.25) is 0 Å². The van der Waals surface area contributed by atoms with E-state index in [1.54, 1.807) is 0 Å². The minimum atomic E-state index is 0. The average molecular weight is 555 g/mol. The van der Waals surface area contributed by atoms with Crippen LogP contribution in [-0.2, 0) is 21.1 Å². The molecule has 2 aliphatic heterocycles. The zero-order valence-electron chi connectivity index (χ0n) is 15.3. The van der Waals surface area contributed by atoms with Crippen molar-refractivity contribution in [1.82, 2.24) is 19.9 Å². The molecule has 0 amide bonds. The number of nitrogens with one attached hydrogen (secondary N) is 2. The Bertz CT molecular complexity index is 1320. The first-order valence-electron chi connectivity index (χ1n) is 9.26. The van der Waals surface area contributed by atoms with Crippen molar-refractivity contribution in [2.45, 2.75) is 0 Å². The van der Waals surface area contributed by atoms with Crippen LogP contribution in [0.15, 0.2) is 72.8 Å². The van der Waals surface area contributed by atoms with Crippen LogP contribution < -0.4 is 0 Å². The van der Waals surface area contributed by atoms with Gasteiger partial charge < -0.3 is 9.97 Å². The van der Waals surface area contributed by atoms with Crippen molar-refractivity contribution in [3.63, 3.8) is 0 Å². The molecule has 0 saturated heterocycles. The second-order valence-electron chi connectivity index (χ2n) is 7.04. The van der Waals surface area contributed by atoms with Gasteiger partial charge in [0.2, 0.25) is 0 Å². The Morgan fingerprint density at radius 3 is 1.45 bits per heavy atom. The zero-order valence-corrected chi connectivity index (χ0v) is 17.6. The van der Waals surface area contributed by atoms with E-state index in [4.69, 9.17) is 4.98 Å². The number of rotatable bonds is 0. The van der Waals surface area contributed by atoms with Crippen molar-refractivity contribution in [3.8, 4) is 22.5 Å². The van der Waals surface area contributed by atoms with Crippen molar-refractivity contribution in [3.05, 3.63) is 84.2 Å². The molecule has 0 atom stereocenters. The maximum atomic E-state index is 4.91. The van der Waals surface area contributed by atoms with Gasteiger partial charge in [0.15, 0.2) is 0 Å². The number of benzene rings is 1. The molecule has 1 aromatic carbocycles. The Balaban J connectivity index is 0.00000181. The number of fused-ring (bicyclic) bond motifs is 11. The molecule has 0 radical (unpaired) electrons. The van der Waals surface area contributed by atoms with Gasteiger partial charge in [0.25, 0.3) is 0 Å². The molecule has 6 rings (SSSR count). The quantitative estimate of drug-likeness (QED) is 0.248. The van der Waals surface area contributed by atoms with E-state index in [1.807, 2.05) is 12.2 Å². The fourth-order valence-corrected chi connectivity index (χ4v) is 3.76. The van der Waals surface area contributed by atoms with Gasteiger partial charge in [0, 0.05) is 54.3 Å². The molecule has 4 nitrogen and oxygen atoms in total. The van der Waals surface area contributed by atoms with Gasteiger partial charge in [-0.15, -0.1) is 0 Å². The monoisotopic (exact) mass is 555 g/mol. The summed E-state index contributed by atoms with van der Waals surface area (Å²) in [6.45, 7) is 0. The molecule has 0 spiro atoms. The number of hydrogen-bond donors (Lipinski definition) is 2. The van der Waals surface area contributed by atoms with Crippen LogP contribution >= 0.6 is 0 Å². The summed E-state index contributed by atoms with van der Waals surface area (Å²) in [6, 6.07) is 24.9. The molecule has 0 saturated carbocycles. The second kappa shape index (κ2) is 6.98. The number of hydrogen-bond acceptors (Lipinski definition) is 2. The largest absolute Gasteiger partial charge is 0.355 e. The van der Waals surface area contributed by atoms with Crippen LogP contribution in [0.25, 0.3) is 56.7 Å². The molecule has 5 heteroatoms. The van der Waals surface area contributed by atoms with E-state index < -0.39 is 0 Å². The number of nitrogens with zero attached hydrogens (tertiary/aromatic N) is 2. The van der Waals surface area contributed by atoms with Crippen molar-refractivity contribution in [1.29, 1.82) is 0 Å². The Hall–Kier alpha value is -3.23. The molecule has 5 heterocycles. The van der Waals surface area contributed by atoms with Crippen molar-refractivity contribution in [2.24, 2.45) is 0 Å². The van der Waals surface area contributed by atoms with Crippen molar-refractivity contribution in [2.75, 3.05) is 0 Å².